The molecule has 0 bridgehead atoms. The van der Waals surface area contributed by atoms with Crippen molar-refractivity contribution in [2.24, 2.45) is 12.5 Å². The van der Waals surface area contributed by atoms with Crippen molar-refractivity contribution in [1.82, 2.24) is 24.3 Å². The molecule has 2 saturated heterocycles. The van der Waals surface area contributed by atoms with Crippen molar-refractivity contribution < 1.29 is 9.59 Å². The highest BCUT2D eigenvalue weighted by Crippen LogP contribution is 2.42. The van der Waals surface area contributed by atoms with Gasteiger partial charge in [-0.2, -0.15) is 5.10 Å². The Morgan fingerprint density at radius 2 is 2.26 bits per heavy atom. The monoisotopic (exact) mass is 332 g/mol. The summed E-state index contributed by atoms with van der Waals surface area (Å²) in [7, 11) is 1.83. The zero-order valence-electron chi connectivity index (χ0n) is 12.7. The molecule has 120 valence electrons. The van der Waals surface area contributed by atoms with Crippen molar-refractivity contribution >= 4 is 29.0 Å². The Hall–Kier alpha value is -2.29. The lowest BCUT2D eigenvalue weighted by atomic mass is 9.86. The first-order valence-corrected chi connectivity index (χ1v) is 8.25. The van der Waals surface area contributed by atoms with E-state index in [0.29, 0.717) is 31.7 Å². The van der Waals surface area contributed by atoms with Crippen LogP contribution >= 0.6 is 11.5 Å². The SMILES string of the molecule is Cn1cc(N2CC3(CCN(C(=O)c4csnn4)C3)CC2=O)cn1. The van der Waals surface area contributed by atoms with Crippen molar-refractivity contribution in [1.29, 1.82) is 0 Å². The number of aryl methyl sites for hydroxylation is 1. The predicted molar refractivity (Wildman–Crippen MR) is 83.0 cm³/mol. The summed E-state index contributed by atoms with van der Waals surface area (Å²) in [5.41, 5.74) is 1.05. The van der Waals surface area contributed by atoms with Crippen LogP contribution in [-0.2, 0) is 11.8 Å². The molecule has 0 radical (unpaired) electrons. The van der Waals surface area contributed by atoms with Gasteiger partial charge in [-0.25, -0.2) is 0 Å². The number of nitrogens with zero attached hydrogens (tertiary/aromatic N) is 6. The van der Waals surface area contributed by atoms with Crippen LogP contribution < -0.4 is 4.90 Å². The highest BCUT2D eigenvalue weighted by atomic mass is 32.1. The zero-order chi connectivity index (χ0) is 16.0. The van der Waals surface area contributed by atoms with Gasteiger partial charge in [-0.05, 0) is 18.0 Å². The van der Waals surface area contributed by atoms with E-state index in [9.17, 15) is 9.59 Å². The molecule has 1 unspecified atom stereocenters. The van der Waals surface area contributed by atoms with Crippen LogP contribution in [0, 0.1) is 5.41 Å². The van der Waals surface area contributed by atoms with E-state index in [-0.39, 0.29) is 17.2 Å². The lowest BCUT2D eigenvalue weighted by molar-refractivity contribution is -0.117. The van der Waals surface area contributed by atoms with Crippen LogP contribution in [0.3, 0.4) is 0 Å². The summed E-state index contributed by atoms with van der Waals surface area (Å²) in [6.45, 7) is 1.88. The minimum Gasteiger partial charge on any atom is -0.337 e. The zero-order valence-corrected chi connectivity index (χ0v) is 13.5. The van der Waals surface area contributed by atoms with E-state index in [2.05, 4.69) is 14.7 Å². The number of likely N-dealkylation sites (tertiary alicyclic amines) is 1. The third-order valence-corrected chi connectivity index (χ3v) is 5.13. The summed E-state index contributed by atoms with van der Waals surface area (Å²) in [5.74, 6) is 0.00512. The molecule has 2 aromatic heterocycles. The van der Waals surface area contributed by atoms with Crippen molar-refractivity contribution in [2.45, 2.75) is 12.8 Å². The van der Waals surface area contributed by atoms with Crippen LogP contribution in [-0.4, -0.2) is 55.7 Å². The second-order valence-electron chi connectivity index (χ2n) is 6.30. The van der Waals surface area contributed by atoms with E-state index >= 15 is 0 Å². The normalized spacial score (nSPS) is 24.1. The van der Waals surface area contributed by atoms with Crippen molar-refractivity contribution in [3.63, 3.8) is 0 Å². The van der Waals surface area contributed by atoms with Crippen molar-refractivity contribution in [3.05, 3.63) is 23.5 Å². The Morgan fingerprint density at radius 3 is 2.96 bits per heavy atom. The molecule has 2 aliphatic rings. The number of carbonyl (C=O) groups is 2. The Labute approximate surface area is 136 Å². The lowest BCUT2D eigenvalue weighted by Gasteiger charge is -2.23. The molecule has 2 amide bonds. The Kier molecular flexibility index (Phi) is 3.19. The van der Waals surface area contributed by atoms with Crippen LogP contribution in [0.1, 0.15) is 23.3 Å². The van der Waals surface area contributed by atoms with E-state index in [1.807, 2.05) is 13.2 Å². The third-order valence-electron chi connectivity index (χ3n) is 4.63. The van der Waals surface area contributed by atoms with Gasteiger partial charge in [0.05, 0.1) is 11.9 Å². The maximum Gasteiger partial charge on any atom is 0.275 e. The molecule has 0 N–H and O–H groups in total. The third kappa shape index (κ3) is 2.40. The molecule has 8 nitrogen and oxygen atoms in total. The molecule has 2 fully saturated rings. The smallest absolute Gasteiger partial charge is 0.275 e. The summed E-state index contributed by atoms with van der Waals surface area (Å²) in [6.07, 6.45) is 4.85. The highest BCUT2D eigenvalue weighted by molar-refractivity contribution is 7.03. The maximum atomic E-state index is 12.4. The van der Waals surface area contributed by atoms with Gasteiger partial charge >= 0.3 is 0 Å². The molecular weight excluding hydrogens is 316 g/mol. The van der Waals surface area contributed by atoms with Crippen molar-refractivity contribution in [2.75, 3.05) is 24.5 Å². The molecule has 2 aromatic rings. The fraction of sp³-hybridized carbons (Fsp3) is 0.500. The number of aromatic nitrogens is 4. The fourth-order valence-corrected chi connectivity index (χ4v) is 3.91. The number of hydrogen-bond acceptors (Lipinski definition) is 6. The fourth-order valence-electron chi connectivity index (χ4n) is 3.48. The summed E-state index contributed by atoms with van der Waals surface area (Å²) in [5, 5.41) is 9.64. The topological polar surface area (TPSA) is 84.2 Å². The van der Waals surface area contributed by atoms with Crippen molar-refractivity contribution in [3.8, 4) is 0 Å². The highest BCUT2D eigenvalue weighted by Gasteiger charge is 2.49. The van der Waals surface area contributed by atoms with Gasteiger partial charge in [-0.3, -0.25) is 14.3 Å². The molecule has 1 atom stereocenters. The second-order valence-corrected chi connectivity index (χ2v) is 6.91. The molecule has 4 rings (SSSR count). The number of anilines is 1. The Balaban J connectivity index is 1.50. The standard InChI is InChI=1S/C14H16N6O2S/c1-18-6-10(5-15-18)20-9-14(4-12(20)21)2-3-19(8-14)13(22)11-7-23-17-16-11/h5-7H,2-4,8-9H2,1H3. The number of amides is 2. The molecule has 0 aliphatic carbocycles. The second kappa shape index (κ2) is 5.12. The predicted octanol–water partition coefficient (Wildman–Crippen LogP) is 0.541. The minimum absolute atomic E-state index is 0.0945. The summed E-state index contributed by atoms with van der Waals surface area (Å²) < 4.78 is 5.43. The van der Waals surface area contributed by atoms with Gasteiger partial charge in [0.25, 0.3) is 5.91 Å². The van der Waals surface area contributed by atoms with Gasteiger partial charge in [0.15, 0.2) is 5.69 Å². The Bertz CT molecular complexity index is 757. The molecule has 0 aromatic carbocycles. The molecule has 4 heterocycles. The van der Waals surface area contributed by atoms with Gasteiger partial charge in [-0.1, -0.05) is 4.49 Å². The largest absolute Gasteiger partial charge is 0.337 e. The lowest BCUT2D eigenvalue weighted by Crippen LogP contribution is -2.34. The van der Waals surface area contributed by atoms with Gasteiger partial charge in [-0.15, -0.1) is 5.10 Å². The average molecular weight is 332 g/mol. The first kappa shape index (κ1) is 14.3. The van der Waals surface area contributed by atoms with E-state index in [0.717, 1.165) is 12.1 Å². The first-order chi connectivity index (χ1) is 11.1. The minimum atomic E-state index is -0.161. The molecule has 2 aliphatic heterocycles. The van der Waals surface area contributed by atoms with Gasteiger partial charge in [0, 0.05) is 50.1 Å². The quantitative estimate of drug-likeness (QED) is 0.801. The van der Waals surface area contributed by atoms with E-state index < -0.39 is 0 Å². The molecular formula is C14H16N6O2S. The van der Waals surface area contributed by atoms with Gasteiger partial charge < -0.3 is 9.80 Å². The molecule has 9 heteroatoms. The summed E-state index contributed by atoms with van der Waals surface area (Å²) in [4.78, 5) is 28.4. The summed E-state index contributed by atoms with van der Waals surface area (Å²) >= 11 is 1.17. The van der Waals surface area contributed by atoms with Crippen LogP contribution in [0.15, 0.2) is 17.8 Å². The van der Waals surface area contributed by atoms with Crippen LogP contribution in [0.2, 0.25) is 0 Å². The van der Waals surface area contributed by atoms with E-state index in [1.165, 1.54) is 11.5 Å². The van der Waals surface area contributed by atoms with E-state index in [4.69, 9.17) is 0 Å². The number of rotatable bonds is 2. The summed E-state index contributed by atoms with van der Waals surface area (Å²) in [6, 6.07) is 0. The number of hydrogen-bond donors (Lipinski definition) is 0. The Morgan fingerprint density at radius 1 is 1.39 bits per heavy atom. The molecule has 0 saturated carbocycles. The maximum absolute atomic E-state index is 12.4. The van der Waals surface area contributed by atoms with Gasteiger partial charge in [0.1, 0.15) is 0 Å². The van der Waals surface area contributed by atoms with Crippen LogP contribution in [0.5, 0.6) is 0 Å². The van der Waals surface area contributed by atoms with Crippen LogP contribution in [0.25, 0.3) is 0 Å². The van der Waals surface area contributed by atoms with E-state index in [1.54, 1.807) is 26.1 Å². The van der Waals surface area contributed by atoms with Crippen LogP contribution in [0.4, 0.5) is 5.69 Å². The molecule has 23 heavy (non-hydrogen) atoms. The van der Waals surface area contributed by atoms with Gasteiger partial charge in [0.2, 0.25) is 5.91 Å². The number of carbonyl (C=O) groups excluding carboxylic acids is 2. The molecule has 1 spiro atoms. The average Bonchev–Trinajstić information content (AvgIpc) is 3.28. The first-order valence-electron chi connectivity index (χ1n) is 7.42.